The fourth-order valence-electron chi connectivity index (χ4n) is 2.76. The molecule has 23 heavy (non-hydrogen) atoms. The van der Waals surface area contributed by atoms with E-state index in [-0.39, 0.29) is 17.8 Å². The summed E-state index contributed by atoms with van der Waals surface area (Å²) in [5.41, 5.74) is 5.44. The molecule has 0 saturated carbocycles. The van der Waals surface area contributed by atoms with Crippen LogP contribution in [0.1, 0.15) is 19.3 Å². The number of benzene rings is 1. The first kappa shape index (κ1) is 16.5. The highest BCUT2D eigenvalue weighted by Gasteiger charge is 2.30. The van der Waals surface area contributed by atoms with Crippen molar-refractivity contribution < 1.29 is 22.6 Å². The van der Waals surface area contributed by atoms with Crippen molar-refractivity contribution in [1.29, 1.82) is 0 Å². The molecule has 3 rings (SSSR count). The second kappa shape index (κ2) is 7.04. The molecule has 1 saturated heterocycles. The summed E-state index contributed by atoms with van der Waals surface area (Å²) in [4.78, 5) is 0.240. The van der Waals surface area contributed by atoms with E-state index in [9.17, 15) is 8.42 Å². The number of fused-ring (bicyclic) bond motifs is 1. The summed E-state index contributed by atoms with van der Waals surface area (Å²) in [6.45, 7) is 2.30. The van der Waals surface area contributed by atoms with Crippen LogP contribution in [0.25, 0.3) is 0 Å². The van der Waals surface area contributed by atoms with Gasteiger partial charge in [0.05, 0.1) is 11.0 Å². The third-order valence-electron chi connectivity index (χ3n) is 4.08. The normalized spacial score (nSPS) is 19.2. The average Bonchev–Trinajstić information content (AvgIpc) is 3.03. The molecule has 1 fully saturated rings. The molecule has 0 bridgehead atoms. The first-order valence-electron chi connectivity index (χ1n) is 7.83. The molecule has 1 aromatic rings. The topological polar surface area (TPSA) is 91.1 Å². The fraction of sp³-hybridized carbons (Fsp3) is 0.600. The number of ether oxygens (including phenoxy) is 3. The lowest BCUT2D eigenvalue weighted by atomic mass is 10.1. The largest absolute Gasteiger partial charge is 0.454 e. The van der Waals surface area contributed by atoms with Crippen LogP contribution in [0.5, 0.6) is 11.5 Å². The Labute approximate surface area is 136 Å². The molecule has 1 aromatic carbocycles. The molecule has 2 aliphatic heterocycles. The van der Waals surface area contributed by atoms with Crippen molar-refractivity contribution in [2.75, 3.05) is 33.0 Å². The van der Waals surface area contributed by atoms with Gasteiger partial charge in [0.2, 0.25) is 16.8 Å². The van der Waals surface area contributed by atoms with Crippen molar-refractivity contribution in [1.82, 2.24) is 4.31 Å². The summed E-state index contributed by atoms with van der Waals surface area (Å²) in [6.07, 6.45) is 2.35. The summed E-state index contributed by atoms with van der Waals surface area (Å²) in [7, 11) is -3.51. The quantitative estimate of drug-likeness (QED) is 0.774. The molecule has 0 aromatic heterocycles. The van der Waals surface area contributed by atoms with Crippen molar-refractivity contribution in [3.8, 4) is 11.5 Å². The van der Waals surface area contributed by atoms with Crippen LogP contribution in [-0.4, -0.2) is 51.9 Å². The maximum Gasteiger partial charge on any atom is 0.243 e. The Balaban J connectivity index is 1.63. The molecule has 8 heteroatoms. The van der Waals surface area contributed by atoms with Crippen LogP contribution in [0.3, 0.4) is 0 Å². The number of piperidine rings is 1. The molecule has 2 heterocycles. The number of hydrogen-bond acceptors (Lipinski definition) is 6. The molecule has 2 aliphatic rings. The van der Waals surface area contributed by atoms with E-state index >= 15 is 0 Å². The minimum atomic E-state index is -3.51. The molecule has 0 amide bonds. The molecule has 0 unspecified atom stereocenters. The monoisotopic (exact) mass is 342 g/mol. The van der Waals surface area contributed by atoms with Gasteiger partial charge in [-0.15, -0.1) is 0 Å². The third kappa shape index (κ3) is 3.60. The molecule has 7 nitrogen and oxygen atoms in total. The Hall–Kier alpha value is -1.35. The fourth-order valence-corrected chi connectivity index (χ4v) is 4.24. The van der Waals surface area contributed by atoms with Gasteiger partial charge in [-0.1, -0.05) is 0 Å². The molecule has 0 spiro atoms. The van der Waals surface area contributed by atoms with Crippen LogP contribution in [0.4, 0.5) is 0 Å². The maximum atomic E-state index is 12.7. The van der Waals surface area contributed by atoms with Gasteiger partial charge in [-0.25, -0.2) is 8.42 Å². The van der Waals surface area contributed by atoms with Gasteiger partial charge in [0.1, 0.15) is 0 Å². The molecular formula is C15H22N2O5S. The second-order valence-corrected chi connectivity index (χ2v) is 7.57. The van der Waals surface area contributed by atoms with E-state index < -0.39 is 10.0 Å². The highest BCUT2D eigenvalue weighted by atomic mass is 32.2. The molecular weight excluding hydrogens is 320 g/mol. The third-order valence-corrected chi connectivity index (χ3v) is 5.98. The number of nitrogens with two attached hydrogens (primary N) is 1. The van der Waals surface area contributed by atoms with E-state index in [1.807, 2.05) is 0 Å². The van der Waals surface area contributed by atoms with Crippen molar-refractivity contribution in [3.63, 3.8) is 0 Å². The Bertz CT molecular complexity index is 641. The lowest BCUT2D eigenvalue weighted by Crippen LogP contribution is -2.40. The van der Waals surface area contributed by atoms with Gasteiger partial charge >= 0.3 is 0 Å². The molecule has 0 aliphatic carbocycles. The zero-order valence-electron chi connectivity index (χ0n) is 12.9. The molecule has 0 atom stereocenters. The first-order valence-corrected chi connectivity index (χ1v) is 9.27. The Morgan fingerprint density at radius 3 is 2.70 bits per heavy atom. The summed E-state index contributed by atoms with van der Waals surface area (Å²) in [5, 5.41) is 0. The smallest absolute Gasteiger partial charge is 0.243 e. The second-order valence-electron chi connectivity index (χ2n) is 5.63. The lowest BCUT2D eigenvalue weighted by Gasteiger charge is -2.31. The summed E-state index contributed by atoms with van der Waals surface area (Å²) in [5.74, 6) is 1.06. The SMILES string of the molecule is NCCCOC1CCN(S(=O)(=O)c2ccc3c(c2)OCO3)CC1. The van der Waals surface area contributed by atoms with E-state index in [0.29, 0.717) is 50.6 Å². The average molecular weight is 342 g/mol. The van der Waals surface area contributed by atoms with Crippen LogP contribution >= 0.6 is 0 Å². The summed E-state index contributed by atoms with van der Waals surface area (Å²) >= 11 is 0. The van der Waals surface area contributed by atoms with Gasteiger partial charge in [-0.05, 0) is 37.9 Å². The van der Waals surface area contributed by atoms with Gasteiger partial charge in [0, 0.05) is 25.8 Å². The van der Waals surface area contributed by atoms with Crippen molar-refractivity contribution in [2.24, 2.45) is 5.73 Å². The van der Waals surface area contributed by atoms with Gasteiger partial charge in [0.25, 0.3) is 0 Å². The van der Waals surface area contributed by atoms with E-state index in [0.717, 1.165) is 6.42 Å². The minimum Gasteiger partial charge on any atom is -0.454 e. The Morgan fingerprint density at radius 1 is 1.22 bits per heavy atom. The Morgan fingerprint density at radius 2 is 1.96 bits per heavy atom. The summed E-state index contributed by atoms with van der Waals surface area (Å²) < 4.78 is 43.1. The number of sulfonamides is 1. The van der Waals surface area contributed by atoms with E-state index in [4.69, 9.17) is 19.9 Å². The van der Waals surface area contributed by atoms with E-state index in [2.05, 4.69) is 0 Å². The van der Waals surface area contributed by atoms with Crippen LogP contribution in [0.15, 0.2) is 23.1 Å². The molecule has 0 radical (unpaired) electrons. The predicted octanol–water partition coefficient (Wildman–Crippen LogP) is 0.934. The highest BCUT2D eigenvalue weighted by Crippen LogP contribution is 2.35. The predicted molar refractivity (Wildman–Crippen MR) is 84.0 cm³/mol. The Kier molecular flexibility index (Phi) is 5.05. The van der Waals surface area contributed by atoms with Crippen LogP contribution < -0.4 is 15.2 Å². The zero-order valence-corrected chi connectivity index (χ0v) is 13.8. The van der Waals surface area contributed by atoms with Gasteiger partial charge < -0.3 is 19.9 Å². The number of hydrogen-bond donors (Lipinski definition) is 1. The van der Waals surface area contributed by atoms with Crippen LogP contribution in [-0.2, 0) is 14.8 Å². The van der Waals surface area contributed by atoms with Gasteiger partial charge in [0.15, 0.2) is 11.5 Å². The molecule has 128 valence electrons. The standard InChI is InChI=1S/C15H22N2O5S/c16-6-1-9-20-12-4-7-17(8-5-12)23(18,19)13-2-3-14-15(10-13)22-11-21-14/h2-3,10,12H,1,4-9,11,16H2. The maximum absolute atomic E-state index is 12.7. The first-order chi connectivity index (χ1) is 11.1. The molecule has 2 N–H and O–H groups in total. The van der Waals surface area contributed by atoms with Crippen molar-refractivity contribution in [3.05, 3.63) is 18.2 Å². The van der Waals surface area contributed by atoms with Crippen LogP contribution in [0, 0.1) is 0 Å². The van der Waals surface area contributed by atoms with Gasteiger partial charge in [-0.3, -0.25) is 0 Å². The van der Waals surface area contributed by atoms with Crippen molar-refractivity contribution >= 4 is 10.0 Å². The highest BCUT2D eigenvalue weighted by molar-refractivity contribution is 7.89. The number of nitrogens with zero attached hydrogens (tertiary/aromatic N) is 1. The summed E-state index contributed by atoms with van der Waals surface area (Å²) in [6, 6.07) is 4.73. The van der Waals surface area contributed by atoms with Crippen LogP contribution in [0.2, 0.25) is 0 Å². The lowest BCUT2D eigenvalue weighted by molar-refractivity contribution is 0.0209. The minimum absolute atomic E-state index is 0.116. The van der Waals surface area contributed by atoms with E-state index in [1.165, 1.54) is 10.4 Å². The number of rotatable bonds is 6. The van der Waals surface area contributed by atoms with Crippen molar-refractivity contribution in [2.45, 2.75) is 30.3 Å². The van der Waals surface area contributed by atoms with E-state index in [1.54, 1.807) is 12.1 Å². The van der Waals surface area contributed by atoms with Gasteiger partial charge in [-0.2, -0.15) is 4.31 Å². The zero-order chi connectivity index (χ0) is 16.3.